The molecule has 0 saturated carbocycles. The van der Waals surface area contributed by atoms with Gasteiger partial charge in [0.25, 0.3) is 0 Å². The molecule has 1 aromatic heterocycles. The highest BCUT2D eigenvalue weighted by molar-refractivity contribution is 7.11. The monoisotopic (exact) mass is 310 g/mol. The Morgan fingerprint density at radius 3 is 2.86 bits per heavy atom. The maximum atomic E-state index is 12.0. The average Bonchev–Trinajstić information content (AvgIpc) is 2.97. The van der Waals surface area contributed by atoms with Crippen molar-refractivity contribution in [1.29, 1.82) is 0 Å². The van der Waals surface area contributed by atoms with Crippen molar-refractivity contribution in [3.8, 4) is 0 Å². The number of nitrogens with zero attached hydrogens (tertiary/aromatic N) is 1. The van der Waals surface area contributed by atoms with Crippen molar-refractivity contribution in [2.45, 2.75) is 46.3 Å². The van der Waals surface area contributed by atoms with Gasteiger partial charge in [0, 0.05) is 35.9 Å². The summed E-state index contributed by atoms with van der Waals surface area (Å²) >= 11 is 1.83. The number of hydrogen-bond acceptors (Lipinski definition) is 4. The van der Waals surface area contributed by atoms with Crippen LogP contribution >= 0.6 is 11.3 Å². The molecule has 0 aromatic carbocycles. The van der Waals surface area contributed by atoms with Crippen LogP contribution in [0, 0.1) is 12.8 Å². The summed E-state index contributed by atoms with van der Waals surface area (Å²) in [4.78, 5) is 16.5. The van der Waals surface area contributed by atoms with E-state index in [0.717, 1.165) is 32.6 Å². The van der Waals surface area contributed by atoms with Gasteiger partial charge in [-0.1, -0.05) is 0 Å². The molecule has 0 radical (unpaired) electrons. The van der Waals surface area contributed by atoms with Gasteiger partial charge in [-0.2, -0.15) is 0 Å². The highest BCUT2D eigenvalue weighted by atomic mass is 32.1. The summed E-state index contributed by atoms with van der Waals surface area (Å²) in [7, 11) is 0. The average molecular weight is 310 g/mol. The standard InChI is InChI=1S/C16H26N2O2S/c1-12-5-6-14(21-12)10-17-9-13-7-8-18(11-13)15(19)20-16(2,3)4/h5-6,13,17H,7-11H2,1-4H3. The van der Waals surface area contributed by atoms with Crippen LogP contribution < -0.4 is 5.32 Å². The molecule has 1 saturated heterocycles. The summed E-state index contributed by atoms with van der Waals surface area (Å²) < 4.78 is 5.41. The Labute approximate surface area is 131 Å². The second-order valence-electron chi connectivity index (χ2n) is 6.72. The second-order valence-corrected chi connectivity index (χ2v) is 8.10. The lowest BCUT2D eigenvalue weighted by molar-refractivity contribution is 0.0288. The SMILES string of the molecule is Cc1ccc(CNCC2CCN(C(=O)OC(C)(C)C)C2)s1. The zero-order valence-corrected chi connectivity index (χ0v) is 14.3. The second kappa shape index (κ2) is 6.79. The number of hydrogen-bond donors (Lipinski definition) is 1. The van der Waals surface area contributed by atoms with E-state index in [1.165, 1.54) is 9.75 Å². The molecule has 0 aliphatic carbocycles. The van der Waals surface area contributed by atoms with Gasteiger partial charge in [0.2, 0.25) is 0 Å². The topological polar surface area (TPSA) is 41.6 Å². The molecule has 2 rings (SSSR count). The first-order valence-electron chi connectivity index (χ1n) is 7.57. The van der Waals surface area contributed by atoms with Crippen molar-refractivity contribution in [1.82, 2.24) is 10.2 Å². The molecule has 118 valence electrons. The number of carbonyl (C=O) groups excluding carboxylic acids is 1. The van der Waals surface area contributed by atoms with Crippen LogP contribution in [0.4, 0.5) is 4.79 Å². The zero-order chi connectivity index (χ0) is 15.5. The Morgan fingerprint density at radius 1 is 1.48 bits per heavy atom. The van der Waals surface area contributed by atoms with E-state index in [-0.39, 0.29) is 6.09 Å². The number of rotatable bonds is 4. The number of thiophene rings is 1. The van der Waals surface area contributed by atoms with Crippen LogP contribution in [0.15, 0.2) is 12.1 Å². The molecule has 1 aliphatic rings. The molecular weight excluding hydrogens is 284 g/mol. The molecule has 1 fully saturated rings. The number of likely N-dealkylation sites (tertiary alicyclic amines) is 1. The summed E-state index contributed by atoms with van der Waals surface area (Å²) in [6.45, 7) is 11.3. The van der Waals surface area contributed by atoms with Gasteiger partial charge in [0.05, 0.1) is 0 Å². The normalized spacial score (nSPS) is 19.0. The van der Waals surface area contributed by atoms with Crippen LogP contribution in [0.3, 0.4) is 0 Å². The lowest BCUT2D eigenvalue weighted by Crippen LogP contribution is -2.36. The predicted octanol–water partition coefficient (Wildman–Crippen LogP) is 3.40. The van der Waals surface area contributed by atoms with Crippen molar-refractivity contribution >= 4 is 17.4 Å². The van der Waals surface area contributed by atoms with Gasteiger partial charge in [-0.3, -0.25) is 0 Å². The van der Waals surface area contributed by atoms with Crippen LogP contribution in [0.1, 0.15) is 36.9 Å². The maximum absolute atomic E-state index is 12.0. The molecule has 5 heteroatoms. The van der Waals surface area contributed by atoms with Gasteiger partial charge in [-0.05, 0) is 52.2 Å². The minimum Gasteiger partial charge on any atom is -0.444 e. The van der Waals surface area contributed by atoms with E-state index >= 15 is 0 Å². The molecule has 21 heavy (non-hydrogen) atoms. The third kappa shape index (κ3) is 5.32. The number of carbonyl (C=O) groups is 1. The Balaban J connectivity index is 1.69. The number of amides is 1. The zero-order valence-electron chi connectivity index (χ0n) is 13.4. The third-order valence-corrected chi connectivity index (χ3v) is 4.47. The molecular formula is C16H26N2O2S. The Kier molecular flexibility index (Phi) is 5.27. The lowest BCUT2D eigenvalue weighted by Gasteiger charge is -2.24. The Bertz CT molecular complexity index is 479. The molecule has 4 nitrogen and oxygen atoms in total. The summed E-state index contributed by atoms with van der Waals surface area (Å²) in [5.74, 6) is 0.526. The minimum atomic E-state index is -0.412. The number of aryl methyl sites for hydroxylation is 1. The van der Waals surface area contributed by atoms with Crippen molar-refractivity contribution in [2.75, 3.05) is 19.6 Å². The maximum Gasteiger partial charge on any atom is 0.410 e. The fraction of sp³-hybridized carbons (Fsp3) is 0.688. The van der Waals surface area contributed by atoms with Gasteiger partial charge >= 0.3 is 6.09 Å². The van der Waals surface area contributed by atoms with Gasteiger partial charge in [0.15, 0.2) is 0 Å². The van der Waals surface area contributed by atoms with Crippen LogP contribution in [-0.4, -0.2) is 36.2 Å². The Hall–Kier alpha value is -1.07. The van der Waals surface area contributed by atoms with E-state index < -0.39 is 5.60 Å². The van der Waals surface area contributed by atoms with Crippen molar-refractivity contribution in [3.63, 3.8) is 0 Å². The van der Waals surface area contributed by atoms with E-state index in [1.807, 2.05) is 37.0 Å². The first-order chi connectivity index (χ1) is 9.83. The van der Waals surface area contributed by atoms with Gasteiger partial charge in [-0.15, -0.1) is 11.3 Å². The van der Waals surface area contributed by atoms with Crippen LogP contribution in [-0.2, 0) is 11.3 Å². The van der Waals surface area contributed by atoms with Gasteiger partial charge < -0.3 is 15.0 Å². The summed E-state index contributed by atoms with van der Waals surface area (Å²) in [5, 5.41) is 3.50. The summed E-state index contributed by atoms with van der Waals surface area (Å²) in [5.41, 5.74) is -0.412. The molecule has 1 amide bonds. The molecule has 1 aliphatic heterocycles. The lowest BCUT2D eigenvalue weighted by atomic mass is 10.1. The van der Waals surface area contributed by atoms with Gasteiger partial charge in [0.1, 0.15) is 5.60 Å². The molecule has 1 atom stereocenters. The van der Waals surface area contributed by atoms with Gasteiger partial charge in [-0.25, -0.2) is 4.79 Å². The summed E-state index contributed by atoms with van der Waals surface area (Å²) in [6.07, 6.45) is 0.870. The van der Waals surface area contributed by atoms with Crippen molar-refractivity contribution < 1.29 is 9.53 Å². The van der Waals surface area contributed by atoms with Crippen LogP contribution in [0.5, 0.6) is 0 Å². The molecule has 1 N–H and O–H groups in total. The number of ether oxygens (including phenoxy) is 1. The smallest absolute Gasteiger partial charge is 0.410 e. The molecule has 1 aromatic rings. The highest BCUT2D eigenvalue weighted by Crippen LogP contribution is 2.19. The van der Waals surface area contributed by atoms with Crippen molar-refractivity contribution in [2.24, 2.45) is 5.92 Å². The number of nitrogens with one attached hydrogen (secondary N) is 1. The highest BCUT2D eigenvalue weighted by Gasteiger charge is 2.29. The first kappa shape index (κ1) is 16.3. The predicted molar refractivity (Wildman–Crippen MR) is 86.7 cm³/mol. The largest absolute Gasteiger partial charge is 0.444 e. The fourth-order valence-electron chi connectivity index (χ4n) is 2.47. The molecule has 2 heterocycles. The quantitative estimate of drug-likeness (QED) is 0.926. The van der Waals surface area contributed by atoms with Crippen LogP contribution in [0.2, 0.25) is 0 Å². The van der Waals surface area contributed by atoms with E-state index in [9.17, 15) is 4.79 Å². The Morgan fingerprint density at radius 2 is 2.24 bits per heavy atom. The van der Waals surface area contributed by atoms with Crippen molar-refractivity contribution in [3.05, 3.63) is 21.9 Å². The van der Waals surface area contributed by atoms with E-state index in [4.69, 9.17) is 4.74 Å². The third-order valence-electron chi connectivity index (χ3n) is 3.47. The summed E-state index contributed by atoms with van der Waals surface area (Å²) in [6, 6.07) is 4.33. The first-order valence-corrected chi connectivity index (χ1v) is 8.39. The van der Waals surface area contributed by atoms with E-state index in [2.05, 4.69) is 24.4 Å². The van der Waals surface area contributed by atoms with E-state index in [0.29, 0.717) is 5.92 Å². The van der Waals surface area contributed by atoms with Crippen LogP contribution in [0.25, 0.3) is 0 Å². The molecule has 0 bridgehead atoms. The minimum absolute atomic E-state index is 0.182. The molecule has 1 unspecified atom stereocenters. The van der Waals surface area contributed by atoms with E-state index in [1.54, 1.807) is 0 Å². The molecule has 0 spiro atoms. The fourth-order valence-corrected chi connectivity index (χ4v) is 3.33.